The summed E-state index contributed by atoms with van der Waals surface area (Å²) in [6, 6.07) is 20.7. The lowest BCUT2D eigenvalue weighted by Gasteiger charge is -2.22. The summed E-state index contributed by atoms with van der Waals surface area (Å²) in [5.41, 5.74) is 6.58. The number of hydrogen-bond acceptors (Lipinski definition) is 5. The topological polar surface area (TPSA) is 89.9 Å². The Morgan fingerprint density at radius 3 is 2.37 bits per heavy atom. The number of amides is 1. The quantitative estimate of drug-likeness (QED) is 0.214. The summed E-state index contributed by atoms with van der Waals surface area (Å²) in [5.74, 6) is -0.956. The van der Waals surface area contributed by atoms with Crippen molar-refractivity contribution in [3.05, 3.63) is 94.5 Å². The second-order valence-corrected chi connectivity index (χ2v) is 10.9. The molecule has 1 atom stereocenters. The Hall–Kier alpha value is -4.23. The Bertz CT molecular complexity index is 1480. The molecule has 1 aliphatic rings. The summed E-state index contributed by atoms with van der Waals surface area (Å²) < 4.78 is 0. The zero-order valence-corrected chi connectivity index (χ0v) is 24.5. The van der Waals surface area contributed by atoms with Gasteiger partial charge in [-0.05, 0) is 92.4 Å². The van der Waals surface area contributed by atoms with Crippen molar-refractivity contribution in [2.45, 2.75) is 46.0 Å². The number of rotatable bonds is 11. The van der Waals surface area contributed by atoms with E-state index in [4.69, 9.17) is 0 Å². The van der Waals surface area contributed by atoms with Crippen LogP contribution < -0.4 is 10.2 Å². The Kier molecular flexibility index (Phi) is 9.40. The molecule has 4 rings (SSSR count). The standard InChI is InChI=1S/C34H39N3O4/c1-6-22(2)29-21-26(34(40)41)12-14-28(29)32(23(3)38)33(24-10-8-7-9-11-24)35-27-13-15-30-25(20-27)16-19-37(30)31(39)17-18-36(4)5/h7-15,20-22,35H,6,16-19H2,1-5H3,(H,40,41)/b33-32+. The number of ketones is 1. The van der Waals surface area contributed by atoms with Gasteiger partial charge >= 0.3 is 5.97 Å². The van der Waals surface area contributed by atoms with Gasteiger partial charge in [0.2, 0.25) is 5.91 Å². The van der Waals surface area contributed by atoms with E-state index >= 15 is 0 Å². The Labute approximate surface area is 242 Å². The van der Waals surface area contributed by atoms with Crippen LogP contribution in [0, 0.1) is 0 Å². The van der Waals surface area contributed by atoms with E-state index in [1.54, 1.807) is 25.1 Å². The van der Waals surface area contributed by atoms with Crippen LogP contribution >= 0.6 is 0 Å². The second-order valence-electron chi connectivity index (χ2n) is 10.9. The molecule has 0 fully saturated rings. The summed E-state index contributed by atoms with van der Waals surface area (Å²) in [5, 5.41) is 13.2. The highest BCUT2D eigenvalue weighted by molar-refractivity contribution is 6.28. The first-order chi connectivity index (χ1) is 19.6. The number of benzene rings is 3. The highest BCUT2D eigenvalue weighted by atomic mass is 16.4. The molecule has 0 saturated carbocycles. The van der Waals surface area contributed by atoms with E-state index in [1.165, 1.54) is 0 Å². The maximum Gasteiger partial charge on any atom is 0.335 e. The molecule has 1 aliphatic heterocycles. The normalized spacial score (nSPS) is 14.0. The van der Waals surface area contributed by atoms with E-state index in [2.05, 4.69) is 18.3 Å². The molecule has 0 radical (unpaired) electrons. The van der Waals surface area contributed by atoms with Gasteiger partial charge in [-0.1, -0.05) is 50.2 Å². The molecule has 0 aromatic heterocycles. The lowest BCUT2D eigenvalue weighted by molar-refractivity contribution is -0.118. The van der Waals surface area contributed by atoms with Gasteiger partial charge in [-0.15, -0.1) is 0 Å². The Balaban J connectivity index is 1.81. The smallest absolute Gasteiger partial charge is 0.335 e. The minimum Gasteiger partial charge on any atom is -0.478 e. The average Bonchev–Trinajstić information content (AvgIpc) is 3.38. The van der Waals surface area contributed by atoms with E-state index in [0.29, 0.717) is 30.8 Å². The molecule has 7 nitrogen and oxygen atoms in total. The first-order valence-electron chi connectivity index (χ1n) is 14.1. The molecular weight excluding hydrogens is 514 g/mol. The average molecular weight is 554 g/mol. The number of nitrogens with one attached hydrogen (secondary N) is 1. The monoisotopic (exact) mass is 553 g/mol. The zero-order valence-electron chi connectivity index (χ0n) is 24.5. The number of allylic oxidation sites excluding steroid dienone is 1. The largest absolute Gasteiger partial charge is 0.478 e. The molecule has 0 spiro atoms. The number of carbonyl (C=O) groups excluding carboxylic acids is 2. The van der Waals surface area contributed by atoms with Crippen molar-refractivity contribution in [3.8, 4) is 0 Å². The van der Waals surface area contributed by atoms with Crippen LogP contribution in [0.15, 0.2) is 66.7 Å². The third-order valence-electron chi connectivity index (χ3n) is 7.69. The van der Waals surface area contributed by atoms with Gasteiger partial charge < -0.3 is 20.2 Å². The molecule has 41 heavy (non-hydrogen) atoms. The Morgan fingerprint density at radius 1 is 1.00 bits per heavy atom. The third-order valence-corrected chi connectivity index (χ3v) is 7.69. The number of Topliss-reactive ketones (excluding diaryl/α,β-unsaturated/α-hetero) is 1. The van der Waals surface area contributed by atoms with Gasteiger partial charge in [-0.3, -0.25) is 9.59 Å². The van der Waals surface area contributed by atoms with Crippen LogP contribution in [-0.2, 0) is 16.0 Å². The number of aromatic carboxylic acids is 1. The van der Waals surface area contributed by atoms with Crippen molar-refractivity contribution in [3.63, 3.8) is 0 Å². The van der Waals surface area contributed by atoms with E-state index < -0.39 is 5.97 Å². The summed E-state index contributed by atoms with van der Waals surface area (Å²) >= 11 is 0. The lowest BCUT2D eigenvalue weighted by Crippen LogP contribution is -2.31. The van der Waals surface area contributed by atoms with Gasteiger partial charge in [0.25, 0.3) is 0 Å². The lowest BCUT2D eigenvalue weighted by atomic mass is 9.85. The number of hydrogen-bond donors (Lipinski definition) is 2. The van der Waals surface area contributed by atoms with Gasteiger partial charge in [-0.25, -0.2) is 4.79 Å². The maximum atomic E-state index is 13.4. The van der Waals surface area contributed by atoms with Gasteiger partial charge in [0.15, 0.2) is 5.78 Å². The van der Waals surface area contributed by atoms with Crippen molar-refractivity contribution >= 4 is 40.3 Å². The van der Waals surface area contributed by atoms with Crippen LogP contribution in [0.2, 0.25) is 0 Å². The molecule has 0 aliphatic carbocycles. The Morgan fingerprint density at radius 2 is 1.73 bits per heavy atom. The maximum absolute atomic E-state index is 13.4. The highest BCUT2D eigenvalue weighted by Gasteiger charge is 2.26. The van der Waals surface area contributed by atoms with E-state index in [1.807, 2.05) is 73.3 Å². The van der Waals surface area contributed by atoms with Gasteiger partial charge in [0.1, 0.15) is 0 Å². The molecule has 1 heterocycles. The minimum atomic E-state index is -0.997. The zero-order chi connectivity index (χ0) is 29.7. The van der Waals surface area contributed by atoms with Crippen LogP contribution in [0.4, 0.5) is 11.4 Å². The third kappa shape index (κ3) is 6.74. The highest BCUT2D eigenvalue weighted by Crippen LogP contribution is 2.37. The predicted molar refractivity (Wildman–Crippen MR) is 165 cm³/mol. The summed E-state index contributed by atoms with van der Waals surface area (Å²) in [7, 11) is 3.92. The van der Waals surface area contributed by atoms with Gasteiger partial charge in [0, 0.05) is 36.5 Å². The molecule has 0 bridgehead atoms. The summed E-state index contributed by atoms with van der Waals surface area (Å²) in [6.45, 7) is 7.00. The first kappa shape index (κ1) is 29.7. The molecule has 3 aromatic rings. The van der Waals surface area contributed by atoms with Crippen molar-refractivity contribution in [1.29, 1.82) is 0 Å². The second kappa shape index (κ2) is 13.0. The number of anilines is 2. The van der Waals surface area contributed by atoms with Crippen molar-refractivity contribution in [2.75, 3.05) is 37.4 Å². The van der Waals surface area contributed by atoms with Crippen molar-refractivity contribution in [1.82, 2.24) is 4.90 Å². The molecule has 0 saturated heterocycles. The predicted octanol–water partition coefficient (Wildman–Crippen LogP) is 6.31. The number of nitrogens with zero attached hydrogens (tertiary/aromatic N) is 2. The molecule has 1 amide bonds. The van der Waals surface area contributed by atoms with Gasteiger partial charge in [0.05, 0.1) is 11.3 Å². The molecule has 1 unspecified atom stereocenters. The number of carboxylic acids is 1. The van der Waals surface area contributed by atoms with Crippen LogP contribution in [0.25, 0.3) is 11.3 Å². The molecule has 7 heteroatoms. The molecule has 214 valence electrons. The van der Waals surface area contributed by atoms with Crippen LogP contribution in [-0.4, -0.2) is 54.9 Å². The number of fused-ring (bicyclic) bond motifs is 1. The minimum absolute atomic E-state index is 0.0479. The van der Waals surface area contributed by atoms with Crippen molar-refractivity contribution < 1.29 is 19.5 Å². The van der Waals surface area contributed by atoms with Crippen LogP contribution in [0.3, 0.4) is 0 Å². The summed E-state index contributed by atoms with van der Waals surface area (Å²) in [6.07, 6.45) is 2.02. The first-order valence-corrected chi connectivity index (χ1v) is 14.1. The molecular formula is C34H39N3O4. The van der Waals surface area contributed by atoms with E-state index in [9.17, 15) is 19.5 Å². The molecule has 2 N–H and O–H groups in total. The fraction of sp³-hybridized carbons (Fsp3) is 0.324. The van der Waals surface area contributed by atoms with E-state index in [-0.39, 0.29) is 23.2 Å². The number of carbonyl (C=O) groups is 3. The van der Waals surface area contributed by atoms with Crippen molar-refractivity contribution in [2.24, 2.45) is 0 Å². The molecule has 3 aromatic carbocycles. The fourth-order valence-corrected chi connectivity index (χ4v) is 5.27. The summed E-state index contributed by atoms with van der Waals surface area (Å²) in [4.78, 5) is 41.9. The van der Waals surface area contributed by atoms with Crippen LogP contribution in [0.5, 0.6) is 0 Å². The number of carboxylic acid groups (broad SMARTS) is 1. The van der Waals surface area contributed by atoms with E-state index in [0.717, 1.165) is 46.5 Å². The SMILES string of the molecule is CCC(C)c1cc(C(=O)O)ccc1/C(C(C)=O)=C(/Nc1ccc2c(c1)CCN2C(=O)CCN(C)C)c1ccccc1. The van der Waals surface area contributed by atoms with Crippen LogP contribution in [0.1, 0.15) is 72.1 Å². The van der Waals surface area contributed by atoms with Gasteiger partial charge in [-0.2, -0.15) is 0 Å². The fourth-order valence-electron chi connectivity index (χ4n) is 5.27.